The Morgan fingerprint density at radius 3 is 2.60 bits per heavy atom. The van der Waals surface area contributed by atoms with Crippen LogP contribution in [-0.2, 0) is 0 Å². The molecule has 1 N–H and O–H groups in total. The summed E-state index contributed by atoms with van der Waals surface area (Å²) in [5.41, 5.74) is 3.72. The van der Waals surface area contributed by atoms with Crippen molar-refractivity contribution < 1.29 is 4.98 Å². The second-order valence-electron chi connectivity index (χ2n) is 3.90. The summed E-state index contributed by atoms with van der Waals surface area (Å²) < 4.78 is 0. The summed E-state index contributed by atoms with van der Waals surface area (Å²) in [5, 5.41) is 2.53. The highest BCUT2D eigenvalue weighted by molar-refractivity contribution is 5.89. The maximum absolute atomic E-state index is 3.48. The van der Waals surface area contributed by atoms with Crippen molar-refractivity contribution in [3.05, 3.63) is 54.1 Å². The first-order valence-corrected chi connectivity index (χ1v) is 5.15. The van der Waals surface area contributed by atoms with Crippen LogP contribution in [0.25, 0.3) is 21.8 Å². The Morgan fingerprint density at radius 2 is 1.67 bits per heavy atom. The number of aryl methyl sites for hydroxylation is 1. The number of aromatic nitrogens is 1. The predicted octanol–water partition coefficient (Wildman–Crippen LogP) is 3.12. The van der Waals surface area contributed by atoms with Crippen LogP contribution in [0.15, 0.2) is 48.5 Å². The Morgan fingerprint density at radius 1 is 0.867 bits per heavy atom. The van der Waals surface area contributed by atoms with Crippen molar-refractivity contribution in [2.45, 2.75) is 6.92 Å². The average Bonchev–Trinajstić information content (AvgIpc) is 2.27. The standard InChI is InChI=1S/C14H11N/c1-10-5-4-7-12-9-11-6-2-3-8-13(11)15-14(10)12/h2-9H,1H3/p+1. The molecular weight excluding hydrogens is 182 g/mol. The number of nitrogens with one attached hydrogen (secondary N) is 1. The van der Waals surface area contributed by atoms with Gasteiger partial charge in [-0.05, 0) is 25.1 Å². The largest absolute Gasteiger partial charge is 0.214 e. The molecule has 0 radical (unpaired) electrons. The van der Waals surface area contributed by atoms with Crippen molar-refractivity contribution in [1.29, 1.82) is 0 Å². The molecule has 0 amide bonds. The lowest BCUT2D eigenvalue weighted by atomic mass is 10.1. The molecule has 1 heteroatoms. The second-order valence-corrected chi connectivity index (χ2v) is 3.90. The molecule has 0 bridgehead atoms. The van der Waals surface area contributed by atoms with Gasteiger partial charge in [-0.1, -0.05) is 24.3 Å². The summed E-state index contributed by atoms with van der Waals surface area (Å²) in [4.78, 5) is 3.48. The van der Waals surface area contributed by atoms with Crippen molar-refractivity contribution >= 4 is 21.8 Å². The zero-order valence-electron chi connectivity index (χ0n) is 8.62. The molecule has 3 rings (SSSR count). The molecule has 0 saturated carbocycles. The van der Waals surface area contributed by atoms with E-state index in [1.54, 1.807) is 0 Å². The van der Waals surface area contributed by atoms with Gasteiger partial charge in [0.15, 0.2) is 0 Å². The van der Waals surface area contributed by atoms with Gasteiger partial charge in [-0.3, -0.25) is 0 Å². The molecule has 1 heterocycles. The molecule has 0 unspecified atom stereocenters. The molecule has 0 aliphatic heterocycles. The molecule has 1 aromatic heterocycles. The second kappa shape index (κ2) is 3.06. The number of H-pyrrole nitrogens is 1. The van der Waals surface area contributed by atoms with Crippen LogP contribution in [0.3, 0.4) is 0 Å². The molecule has 0 saturated heterocycles. The summed E-state index contributed by atoms with van der Waals surface area (Å²) in [6, 6.07) is 17.0. The molecule has 0 atom stereocenters. The summed E-state index contributed by atoms with van der Waals surface area (Å²) in [6.45, 7) is 2.13. The predicted molar refractivity (Wildman–Crippen MR) is 62.7 cm³/mol. The van der Waals surface area contributed by atoms with E-state index in [-0.39, 0.29) is 0 Å². The molecule has 1 nitrogen and oxygen atoms in total. The van der Waals surface area contributed by atoms with Gasteiger partial charge in [0.25, 0.3) is 0 Å². The molecule has 0 spiro atoms. The normalized spacial score (nSPS) is 11.0. The third-order valence-corrected chi connectivity index (χ3v) is 2.84. The molecule has 0 fully saturated rings. The number of para-hydroxylation sites is 2. The van der Waals surface area contributed by atoms with Crippen molar-refractivity contribution in [2.24, 2.45) is 0 Å². The van der Waals surface area contributed by atoms with Gasteiger partial charge in [-0.15, -0.1) is 0 Å². The quantitative estimate of drug-likeness (QED) is 0.488. The number of hydrogen-bond donors (Lipinski definition) is 0. The van der Waals surface area contributed by atoms with Gasteiger partial charge in [-0.2, -0.15) is 0 Å². The van der Waals surface area contributed by atoms with E-state index in [1.165, 1.54) is 27.4 Å². The number of fused-ring (bicyclic) bond motifs is 2. The first-order valence-electron chi connectivity index (χ1n) is 5.15. The van der Waals surface area contributed by atoms with E-state index in [0.717, 1.165) is 0 Å². The Balaban J connectivity index is 2.53. The van der Waals surface area contributed by atoms with Crippen LogP contribution in [0.5, 0.6) is 0 Å². The van der Waals surface area contributed by atoms with Gasteiger partial charge >= 0.3 is 0 Å². The Labute approximate surface area is 88.4 Å². The fraction of sp³-hybridized carbons (Fsp3) is 0.0714. The zero-order chi connectivity index (χ0) is 10.3. The number of hydrogen-bond acceptors (Lipinski definition) is 0. The van der Waals surface area contributed by atoms with Crippen molar-refractivity contribution in [1.82, 2.24) is 0 Å². The van der Waals surface area contributed by atoms with Crippen LogP contribution in [0.1, 0.15) is 5.56 Å². The third kappa shape index (κ3) is 1.28. The van der Waals surface area contributed by atoms with Gasteiger partial charge in [-0.25, -0.2) is 4.98 Å². The summed E-state index contributed by atoms with van der Waals surface area (Å²) in [5.74, 6) is 0. The van der Waals surface area contributed by atoms with Crippen LogP contribution in [0.4, 0.5) is 0 Å². The van der Waals surface area contributed by atoms with Crippen molar-refractivity contribution in [2.75, 3.05) is 0 Å². The number of pyridine rings is 1. The molecule has 0 aliphatic rings. The zero-order valence-corrected chi connectivity index (χ0v) is 8.62. The van der Waals surface area contributed by atoms with Crippen LogP contribution >= 0.6 is 0 Å². The van der Waals surface area contributed by atoms with E-state index in [9.17, 15) is 0 Å². The van der Waals surface area contributed by atoms with E-state index < -0.39 is 0 Å². The highest BCUT2D eigenvalue weighted by atomic mass is 14.7. The summed E-state index contributed by atoms with van der Waals surface area (Å²) in [7, 11) is 0. The van der Waals surface area contributed by atoms with E-state index >= 15 is 0 Å². The molecule has 15 heavy (non-hydrogen) atoms. The van der Waals surface area contributed by atoms with Crippen LogP contribution in [0.2, 0.25) is 0 Å². The Hall–Kier alpha value is -1.89. The van der Waals surface area contributed by atoms with Gasteiger partial charge < -0.3 is 0 Å². The van der Waals surface area contributed by atoms with Gasteiger partial charge in [0, 0.05) is 22.4 Å². The molecule has 0 aliphatic carbocycles. The minimum Gasteiger partial charge on any atom is -0.204 e. The number of benzene rings is 2. The Kier molecular flexibility index (Phi) is 1.72. The van der Waals surface area contributed by atoms with Crippen LogP contribution in [0, 0.1) is 6.92 Å². The maximum Gasteiger partial charge on any atom is 0.214 e. The van der Waals surface area contributed by atoms with Crippen molar-refractivity contribution in [3.63, 3.8) is 0 Å². The number of aromatic amines is 1. The SMILES string of the molecule is Cc1cccc2cc3ccccc3[nH+]c12. The lowest BCUT2D eigenvalue weighted by molar-refractivity contribution is -0.310. The number of rotatable bonds is 0. The fourth-order valence-corrected chi connectivity index (χ4v) is 2.02. The van der Waals surface area contributed by atoms with Crippen LogP contribution in [-0.4, -0.2) is 0 Å². The monoisotopic (exact) mass is 194 g/mol. The molecule has 72 valence electrons. The van der Waals surface area contributed by atoms with Gasteiger partial charge in [0.1, 0.15) is 0 Å². The fourth-order valence-electron chi connectivity index (χ4n) is 2.02. The lowest BCUT2D eigenvalue weighted by Crippen LogP contribution is -2.06. The average molecular weight is 194 g/mol. The maximum atomic E-state index is 3.48. The molecule has 3 aromatic rings. The minimum absolute atomic E-state index is 1.19. The first-order chi connectivity index (χ1) is 7.34. The van der Waals surface area contributed by atoms with Gasteiger partial charge in [0.05, 0.1) is 0 Å². The van der Waals surface area contributed by atoms with Crippen LogP contribution < -0.4 is 4.98 Å². The highest BCUT2D eigenvalue weighted by Crippen LogP contribution is 2.18. The van der Waals surface area contributed by atoms with Gasteiger partial charge in [0.2, 0.25) is 11.0 Å². The van der Waals surface area contributed by atoms with E-state index in [0.29, 0.717) is 0 Å². The lowest BCUT2D eigenvalue weighted by Gasteiger charge is -1.97. The topological polar surface area (TPSA) is 14.1 Å². The van der Waals surface area contributed by atoms with E-state index in [2.05, 4.69) is 60.4 Å². The van der Waals surface area contributed by atoms with E-state index in [1.807, 2.05) is 0 Å². The van der Waals surface area contributed by atoms with E-state index in [4.69, 9.17) is 0 Å². The minimum atomic E-state index is 1.19. The Bertz CT molecular complexity index is 641. The third-order valence-electron chi connectivity index (χ3n) is 2.84. The summed E-state index contributed by atoms with van der Waals surface area (Å²) >= 11 is 0. The summed E-state index contributed by atoms with van der Waals surface area (Å²) in [6.07, 6.45) is 0. The smallest absolute Gasteiger partial charge is 0.204 e. The van der Waals surface area contributed by atoms with Crippen molar-refractivity contribution in [3.8, 4) is 0 Å². The highest BCUT2D eigenvalue weighted by Gasteiger charge is 2.06. The molecule has 2 aromatic carbocycles. The molecular formula is C14H12N+. The first kappa shape index (κ1) is 8.42.